The van der Waals surface area contributed by atoms with Crippen LogP contribution in [0.1, 0.15) is 27.2 Å². The number of nitrogens with zero attached hydrogens (tertiary/aromatic N) is 1. The number of carboxylic acid groups (broad SMARTS) is 1. The average molecular weight is 386 g/mol. The highest BCUT2D eigenvalue weighted by Gasteiger charge is 2.38. The van der Waals surface area contributed by atoms with Gasteiger partial charge < -0.3 is 19.5 Å². The maximum Gasteiger partial charge on any atom is 0.326 e. The van der Waals surface area contributed by atoms with Crippen LogP contribution >= 0.6 is 11.6 Å². The van der Waals surface area contributed by atoms with E-state index in [-0.39, 0.29) is 29.5 Å². The Labute approximate surface area is 156 Å². The number of benzene rings is 1. The summed E-state index contributed by atoms with van der Waals surface area (Å²) in [5, 5.41) is 9.62. The number of hydrogen-bond acceptors (Lipinski definition) is 4. The molecule has 6 nitrogen and oxygen atoms in total. The minimum atomic E-state index is -1.73. The van der Waals surface area contributed by atoms with Gasteiger partial charge in [0.05, 0.1) is 13.2 Å². The highest BCUT2D eigenvalue weighted by molar-refractivity contribution is 6.33. The molecule has 1 aromatic rings. The number of carboxylic acids is 1. The summed E-state index contributed by atoms with van der Waals surface area (Å²) in [6.07, 6.45) is 0.862. The minimum Gasteiger partial charge on any atom is -0.492 e. The molecule has 8 heteroatoms. The van der Waals surface area contributed by atoms with E-state index in [1.807, 2.05) is 6.92 Å². The lowest BCUT2D eigenvalue weighted by Gasteiger charge is -2.28. The van der Waals surface area contributed by atoms with Crippen LogP contribution in [0, 0.1) is 0 Å². The second kappa shape index (κ2) is 7.95. The maximum absolute atomic E-state index is 13.9. The van der Waals surface area contributed by atoms with Gasteiger partial charge in [0.25, 0.3) is 5.91 Å². The quantitative estimate of drug-likeness (QED) is 0.741. The van der Waals surface area contributed by atoms with Gasteiger partial charge in [-0.05, 0) is 32.9 Å². The van der Waals surface area contributed by atoms with Crippen molar-refractivity contribution in [3.05, 3.63) is 35.1 Å². The molecule has 2 rings (SSSR count). The van der Waals surface area contributed by atoms with Crippen LogP contribution in [-0.4, -0.2) is 46.7 Å². The lowest BCUT2D eigenvalue weighted by atomic mass is 10.00. The first-order valence-electron chi connectivity index (χ1n) is 8.14. The fraction of sp³-hybridized carbons (Fsp3) is 0.444. The van der Waals surface area contributed by atoms with Crippen molar-refractivity contribution in [3.63, 3.8) is 0 Å². The molecular formula is C18H21ClFNO5. The van der Waals surface area contributed by atoms with Crippen LogP contribution in [0.15, 0.2) is 30.0 Å². The molecule has 0 aromatic heterocycles. The van der Waals surface area contributed by atoms with E-state index in [2.05, 4.69) is 0 Å². The van der Waals surface area contributed by atoms with Crippen LogP contribution in [0.4, 0.5) is 4.39 Å². The van der Waals surface area contributed by atoms with Crippen LogP contribution in [0.2, 0.25) is 5.02 Å². The number of amides is 1. The van der Waals surface area contributed by atoms with Crippen molar-refractivity contribution in [2.75, 3.05) is 13.2 Å². The second-order valence-corrected chi connectivity index (χ2v) is 6.83. The first-order chi connectivity index (χ1) is 12.1. The van der Waals surface area contributed by atoms with Crippen molar-refractivity contribution in [3.8, 4) is 11.5 Å². The Morgan fingerprint density at radius 2 is 2.08 bits per heavy atom. The van der Waals surface area contributed by atoms with Crippen LogP contribution in [0.25, 0.3) is 0 Å². The normalized spacial score (nSPS) is 15.7. The predicted molar refractivity (Wildman–Crippen MR) is 94.3 cm³/mol. The summed E-state index contributed by atoms with van der Waals surface area (Å²) in [5.74, 6) is -0.857. The fourth-order valence-corrected chi connectivity index (χ4v) is 2.83. The van der Waals surface area contributed by atoms with E-state index in [0.717, 1.165) is 4.90 Å². The number of halogens is 2. The van der Waals surface area contributed by atoms with Crippen molar-refractivity contribution in [1.29, 1.82) is 0 Å². The Hall–Kier alpha value is -2.28. The molecular weight excluding hydrogens is 365 g/mol. The summed E-state index contributed by atoms with van der Waals surface area (Å²) in [4.78, 5) is 24.7. The Morgan fingerprint density at radius 1 is 1.42 bits per heavy atom. The monoisotopic (exact) mass is 385 g/mol. The van der Waals surface area contributed by atoms with Crippen LogP contribution in [0.5, 0.6) is 11.5 Å². The van der Waals surface area contributed by atoms with Crippen LogP contribution in [-0.2, 0) is 9.59 Å². The topological polar surface area (TPSA) is 76.1 Å². The Kier molecular flexibility index (Phi) is 6.13. The number of ether oxygens (including phenoxy) is 2. The van der Waals surface area contributed by atoms with Gasteiger partial charge in [0, 0.05) is 12.5 Å². The molecule has 1 atom stereocenters. The molecule has 1 aliphatic rings. The van der Waals surface area contributed by atoms with E-state index in [0.29, 0.717) is 12.4 Å². The lowest BCUT2D eigenvalue weighted by molar-refractivity contribution is -0.149. The molecule has 0 radical (unpaired) electrons. The Balaban J connectivity index is 2.15. The SMILES string of the molecule is CCOc1cccc(OC2=CC(=O)N(C(CC(C)(C)F)C(=O)O)C2)c1Cl. The van der Waals surface area contributed by atoms with E-state index in [9.17, 15) is 19.1 Å². The molecule has 0 aliphatic carbocycles. The summed E-state index contributed by atoms with van der Waals surface area (Å²) in [7, 11) is 0. The molecule has 0 fully saturated rings. The molecule has 1 N–H and O–H groups in total. The van der Waals surface area contributed by atoms with E-state index in [1.54, 1.807) is 18.2 Å². The number of carbonyl (C=O) groups is 2. The Bertz CT molecular complexity index is 729. The van der Waals surface area contributed by atoms with E-state index >= 15 is 0 Å². The summed E-state index contributed by atoms with van der Waals surface area (Å²) in [6.45, 7) is 4.71. The fourth-order valence-electron chi connectivity index (χ4n) is 2.61. The van der Waals surface area contributed by atoms with Crippen molar-refractivity contribution in [2.24, 2.45) is 0 Å². The Morgan fingerprint density at radius 3 is 2.65 bits per heavy atom. The maximum atomic E-state index is 13.9. The first-order valence-corrected chi connectivity index (χ1v) is 8.52. The van der Waals surface area contributed by atoms with Crippen molar-refractivity contribution < 1.29 is 28.6 Å². The molecule has 1 amide bonds. The van der Waals surface area contributed by atoms with Gasteiger partial charge in [0.15, 0.2) is 0 Å². The van der Waals surface area contributed by atoms with Gasteiger partial charge in [-0.1, -0.05) is 17.7 Å². The molecule has 142 valence electrons. The summed E-state index contributed by atoms with van der Waals surface area (Å²) in [6, 6.07) is 3.69. The number of carbonyl (C=O) groups excluding carboxylic acids is 1. The molecule has 1 aliphatic heterocycles. The van der Waals surface area contributed by atoms with Crippen molar-refractivity contribution >= 4 is 23.5 Å². The highest BCUT2D eigenvalue weighted by Crippen LogP contribution is 2.35. The third kappa shape index (κ3) is 4.88. The second-order valence-electron chi connectivity index (χ2n) is 6.46. The van der Waals surface area contributed by atoms with E-state index < -0.39 is 23.6 Å². The molecule has 0 saturated carbocycles. The first kappa shape index (κ1) is 20.0. The molecule has 1 aromatic carbocycles. The molecule has 0 saturated heterocycles. The summed E-state index contributed by atoms with van der Waals surface area (Å²) in [5.41, 5.74) is -1.73. The lowest BCUT2D eigenvalue weighted by Crippen LogP contribution is -2.45. The molecule has 1 heterocycles. The third-order valence-corrected chi connectivity index (χ3v) is 4.08. The zero-order valence-corrected chi connectivity index (χ0v) is 15.5. The standard InChI is InChI=1S/C18H21ClFNO5/c1-4-25-13-6-5-7-14(16(13)19)26-11-8-15(22)21(10-11)12(17(23)24)9-18(2,3)20/h5-8,12H,4,9-10H2,1-3H3,(H,23,24). The average Bonchev–Trinajstić information content (AvgIpc) is 2.88. The zero-order chi connectivity index (χ0) is 19.5. The molecule has 0 bridgehead atoms. The summed E-state index contributed by atoms with van der Waals surface area (Å²) < 4.78 is 24.9. The third-order valence-electron chi connectivity index (χ3n) is 3.70. The van der Waals surface area contributed by atoms with Crippen LogP contribution in [0.3, 0.4) is 0 Å². The zero-order valence-electron chi connectivity index (χ0n) is 14.8. The smallest absolute Gasteiger partial charge is 0.326 e. The predicted octanol–water partition coefficient (Wildman–Crippen LogP) is 3.44. The highest BCUT2D eigenvalue weighted by atomic mass is 35.5. The molecule has 1 unspecified atom stereocenters. The van der Waals surface area contributed by atoms with Crippen molar-refractivity contribution in [2.45, 2.75) is 38.9 Å². The van der Waals surface area contributed by atoms with Gasteiger partial charge in [-0.3, -0.25) is 4.79 Å². The minimum absolute atomic E-state index is 0.0823. The summed E-state index contributed by atoms with van der Waals surface area (Å²) >= 11 is 6.22. The van der Waals surface area contributed by atoms with E-state index in [1.165, 1.54) is 19.9 Å². The van der Waals surface area contributed by atoms with Gasteiger partial charge >= 0.3 is 5.97 Å². The van der Waals surface area contributed by atoms with Gasteiger partial charge in [-0.2, -0.15) is 0 Å². The van der Waals surface area contributed by atoms with Gasteiger partial charge in [0.1, 0.15) is 34.0 Å². The van der Waals surface area contributed by atoms with Crippen LogP contribution < -0.4 is 9.47 Å². The van der Waals surface area contributed by atoms with Crippen molar-refractivity contribution in [1.82, 2.24) is 4.90 Å². The number of hydrogen-bond donors (Lipinski definition) is 1. The molecule has 26 heavy (non-hydrogen) atoms. The number of rotatable bonds is 8. The van der Waals surface area contributed by atoms with Gasteiger partial charge in [0.2, 0.25) is 0 Å². The van der Waals surface area contributed by atoms with Gasteiger partial charge in [-0.15, -0.1) is 0 Å². The van der Waals surface area contributed by atoms with E-state index in [4.69, 9.17) is 21.1 Å². The number of alkyl halides is 1. The number of aliphatic carboxylic acids is 1. The molecule has 0 spiro atoms. The van der Waals surface area contributed by atoms with Gasteiger partial charge in [-0.25, -0.2) is 9.18 Å². The largest absolute Gasteiger partial charge is 0.492 e.